The van der Waals surface area contributed by atoms with Crippen LogP contribution in [0.2, 0.25) is 0 Å². The lowest BCUT2D eigenvalue weighted by Crippen LogP contribution is -2.25. The summed E-state index contributed by atoms with van der Waals surface area (Å²) >= 11 is 0. The minimum absolute atomic E-state index is 0.0215. The second kappa shape index (κ2) is 14.5. The van der Waals surface area contributed by atoms with Crippen LogP contribution < -0.4 is 0 Å². The normalized spacial score (nSPS) is 15.8. The molecule has 0 saturated heterocycles. The lowest BCUT2D eigenvalue weighted by atomic mass is 9.86. The van der Waals surface area contributed by atoms with E-state index in [1.54, 1.807) is 0 Å². The molecule has 5 aromatic carbocycles. The van der Waals surface area contributed by atoms with E-state index in [-0.39, 0.29) is 12.0 Å². The highest BCUT2D eigenvalue weighted by Gasteiger charge is 2.38. The van der Waals surface area contributed by atoms with Gasteiger partial charge in [-0.05, 0) is 108 Å². The van der Waals surface area contributed by atoms with Crippen LogP contribution in [0.3, 0.4) is 0 Å². The van der Waals surface area contributed by atoms with Crippen LogP contribution in [0, 0.1) is 5.92 Å². The van der Waals surface area contributed by atoms with Gasteiger partial charge in [0.25, 0.3) is 0 Å². The summed E-state index contributed by atoms with van der Waals surface area (Å²) in [4.78, 5) is 19.7. The summed E-state index contributed by atoms with van der Waals surface area (Å²) in [7, 11) is 0. The molecule has 1 aliphatic heterocycles. The van der Waals surface area contributed by atoms with Gasteiger partial charge in [0.15, 0.2) is 0 Å². The lowest BCUT2D eigenvalue weighted by molar-refractivity contribution is 0.400. The predicted molar refractivity (Wildman–Crippen MR) is 261 cm³/mol. The van der Waals surface area contributed by atoms with Crippen LogP contribution in [0.25, 0.3) is 100 Å². The zero-order chi connectivity index (χ0) is 42.3. The van der Waals surface area contributed by atoms with Crippen molar-refractivity contribution < 1.29 is 4.42 Å². The first-order chi connectivity index (χ1) is 31.7. The second-order valence-corrected chi connectivity index (χ2v) is 16.9. The van der Waals surface area contributed by atoms with E-state index < -0.39 is 0 Å². The zero-order valence-electron chi connectivity index (χ0n) is 35.1. The number of allylic oxidation sites excluding steroid dienone is 1. The fraction of sp³-hybridized carbons (Fsp3) is 0.0877. The largest absolute Gasteiger partial charge is 0.458 e. The Balaban J connectivity index is 1.02. The molecule has 304 valence electrons. The standard InChI is InChI=1S/C57H40N6O/c1-35-52(62-48-26-24-36(32-44(48)54-50(62)21-12-30-60-54)38-14-2-4-16-40(38)46-19-8-10-28-58-46)34-43-42-18-6-7-23-53(42)64-57(43)56(35)63-49-27-25-37(33-45(49)55-51(63)22-13-31-61-55)39-15-3-5-17-41(39)47-20-9-11-29-59-47/h2-11,13-20,22-35,56H,12,21H2,1H3. The maximum absolute atomic E-state index is 7.00. The Morgan fingerprint density at radius 3 is 1.92 bits per heavy atom. The molecular weight excluding hydrogens is 785 g/mol. The third-order valence-corrected chi connectivity index (χ3v) is 13.4. The van der Waals surface area contributed by atoms with Crippen molar-refractivity contribution in [2.75, 3.05) is 0 Å². The number of aromatic nitrogens is 5. The summed E-state index contributed by atoms with van der Waals surface area (Å²) in [6.45, 7) is 2.36. The molecule has 6 aromatic heterocycles. The minimum Gasteiger partial charge on any atom is -0.458 e. The van der Waals surface area contributed by atoms with Crippen molar-refractivity contribution in [3.8, 4) is 44.8 Å². The highest BCUT2D eigenvalue weighted by Crippen LogP contribution is 2.51. The molecule has 2 unspecified atom stereocenters. The average Bonchev–Trinajstić information content (AvgIpc) is 4.01. The summed E-state index contributed by atoms with van der Waals surface area (Å²) in [5.74, 6) is 0.938. The third kappa shape index (κ3) is 5.53. The van der Waals surface area contributed by atoms with Crippen molar-refractivity contribution in [2.45, 2.75) is 25.8 Å². The fourth-order valence-corrected chi connectivity index (χ4v) is 10.5. The van der Waals surface area contributed by atoms with Crippen LogP contribution in [0.1, 0.15) is 36.4 Å². The summed E-state index contributed by atoms with van der Waals surface area (Å²) in [6, 6.07) is 55.5. The average molecular weight is 825 g/mol. The number of nitrogens with zero attached hydrogens (tertiary/aromatic N) is 6. The van der Waals surface area contributed by atoms with Crippen LogP contribution in [0.5, 0.6) is 0 Å². The summed E-state index contributed by atoms with van der Waals surface area (Å²) in [5.41, 5.74) is 18.4. The molecule has 0 saturated carbocycles. The van der Waals surface area contributed by atoms with E-state index in [9.17, 15) is 0 Å². The Bertz CT molecular complexity index is 3700. The number of hydrogen-bond donors (Lipinski definition) is 0. The van der Waals surface area contributed by atoms with Crippen molar-refractivity contribution in [3.05, 3.63) is 193 Å². The number of rotatable bonds is 6. The maximum Gasteiger partial charge on any atom is 0.136 e. The third-order valence-electron chi connectivity index (χ3n) is 13.4. The van der Waals surface area contributed by atoms with Crippen LogP contribution in [0.15, 0.2) is 186 Å². The van der Waals surface area contributed by atoms with E-state index in [2.05, 4.69) is 162 Å². The number of hydrogen-bond acceptors (Lipinski definition) is 5. The van der Waals surface area contributed by atoms with Crippen molar-refractivity contribution >= 4 is 67.5 Å². The molecule has 0 fully saturated rings. The minimum atomic E-state index is -0.192. The molecule has 11 aromatic rings. The molecule has 2 atom stereocenters. The topological polar surface area (TPSA) is 74.0 Å². The van der Waals surface area contributed by atoms with Gasteiger partial charge >= 0.3 is 0 Å². The van der Waals surface area contributed by atoms with Gasteiger partial charge in [0, 0.05) is 75.0 Å². The Morgan fingerprint density at radius 2 is 1.20 bits per heavy atom. The summed E-state index contributed by atoms with van der Waals surface area (Å²) < 4.78 is 12.0. The summed E-state index contributed by atoms with van der Waals surface area (Å²) in [5, 5.41) is 3.35. The molecule has 0 radical (unpaired) electrons. The van der Waals surface area contributed by atoms with Crippen molar-refractivity contribution in [2.24, 2.45) is 10.9 Å². The number of para-hydroxylation sites is 1. The summed E-state index contributed by atoms with van der Waals surface area (Å²) in [6.07, 6.45) is 11.9. The second-order valence-electron chi connectivity index (χ2n) is 16.9. The van der Waals surface area contributed by atoms with E-state index in [4.69, 9.17) is 24.4 Å². The SMILES string of the molecule is CC1C(n2c3c(c4cc(-c5ccccc5-c5ccccn5)ccc42)N=CCC3)=Cc2c(oc3ccccc23)C1n1c2ccc(-c3ccccc3-c3ccccn3)cc2c2ncccc21. The van der Waals surface area contributed by atoms with Gasteiger partial charge < -0.3 is 13.6 Å². The first-order valence-corrected chi connectivity index (χ1v) is 22.0. The Kier molecular flexibility index (Phi) is 8.25. The molecule has 0 bridgehead atoms. The van der Waals surface area contributed by atoms with Crippen LogP contribution in [0.4, 0.5) is 5.69 Å². The van der Waals surface area contributed by atoms with E-state index >= 15 is 0 Å². The fourth-order valence-electron chi connectivity index (χ4n) is 10.5. The maximum atomic E-state index is 7.00. The van der Waals surface area contributed by atoms with Crippen LogP contribution in [-0.2, 0) is 6.42 Å². The van der Waals surface area contributed by atoms with Crippen LogP contribution >= 0.6 is 0 Å². The van der Waals surface area contributed by atoms with Gasteiger partial charge in [-0.1, -0.05) is 97.9 Å². The Labute approximate surface area is 369 Å². The van der Waals surface area contributed by atoms with Gasteiger partial charge in [0.1, 0.15) is 17.4 Å². The molecule has 7 nitrogen and oxygen atoms in total. The molecule has 2 aliphatic rings. The Hall–Kier alpha value is -8.16. The molecule has 1 aliphatic carbocycles. The van der Waals surface area contributed by atoms with Gasteiger partial charge in [-0.2, -0.15) is 0 Å². The first kappa shape index (κ1) is 36.5. The molecule has 0 spiro atoms. The van der Waals surface area contributed by atoms with Gasteiger partial charge in [-0.25, -0.2) is 0 Å². The molecule has 13 rings (SSSR count). The molecular formula is C57H40N6O. The number of furan rings is 1. The lowest BCUT2D eigenvalue weighted by Gasteiger charge is -2.33. The smallest absolute Gasteiger partial charge is 0.136 e. The molecule has 0 amide bonds. The highest BCUT2D eigenvalue weighted by atomic mass is 16.3. The number of pyridine rings is 3. The molecule has 0 N–H and O–H groups in total. The quantitative estimate of drug-likeness (QED) is 0.167. The van der Waals surface area contributed by atoms with Gasteiger partial charge in [0.05, 0.1) is 39.1 Å². The van der Waals surface area contributed by atoms with Crippen molar-refractivity contribution in [3.63, 3.8) is 0 Å². The van der Waals surface area contributed by atoms with Crippen molar-refractivity contribution in [1.29, 1.82) is 0 Å². The zero-order valence-corrected chi connectivity index (χ0v) is 35.1. The van der Waals surface area contributed by atoms with Crippen molar-refractivity contribution in [1.82, 2.24) is 24.1 Å². The Morgan fingerprint density at radius 1 is 0.562 bits per heavy atom. The number of aliphatic imine (C=N–C) groups is 1. The van der Waals surface area contributed by atoms with Gasteiger partial charge in [-0.3, -0.25) is 19.9 Å². The first-order valence-electron chi connectivity index (χ1n) is 22.0. The highest BCUT2D eigenvalue weighted by molar-refractivity contribution is 6.09. The molecule has 7 heteroatoms. The monoisotopic (exact) mass is 824 g/mol. The molecule has 7 heterocycles. The number of fused-ring (bicyclic) bond motifs is 9. The number of benzene rings is 5. The van der Waals surface area contributed by atoms with E-state index in [0.717, 1.165) is 118 Å². The van der Waals surface area contributed by atoms with E-state index in [0.29, 0.717) is 0 Å². The molecule has 64 heavy (non-hydrogen) atoms. The van der Waals surface area contributed by atoms with Crippen LogP contribution in [-0.4, -0.2) is 30.3 Å². The van der Waals surface area contributed by atoms with Gasteiger partial charge in [0.2, 0.25) is 0 Å². The predicted octanol–water partition coefficient (Wildman–Crippen LogP) is 14.2. The van der Waals surface area contributed by atoms with E-state index in [1.807, 2.05) is 42.9 Å². The van der Waals surface area contributed by atoms with E-state index in [1.165, 1.54) is 11.4 Å². The van der Waals surface area contributed by atoms with Gasteiger partial charge in [-0.15, -0.1) is 0 Å².